The molecule has 0 aromatic heterocycles. The number of imide groups is 1. The van der Waals surface area contributed by atoms with E-state index in [1.54, 1.807) is 6.92 Å². The molecule has 2 aliphatic heterocycles. The summed E-state index contributed by atoms with van der Waals surface area (Å²) in [4.78, 5) is 41.9. The number of carbonyl (C=O) groups excluding carboxylic acids is 3. The molecule has 0 aromatic carbocycles. The molecule has 2 fully saturated rings. The number of urea groups is 1. The summed E-state index contributed by atoms with van der Waals surface area (Å²) in [5.41, 5.74) is -0.851. The molecule has 0 spiro atoms. The third kappa shape index (κ3) is 4.64. The average Bonchev–Trinajstić information content (AvgIpc) is 2.84. The fourth-order valence-corrected chi connectivity index (χ4v) is 3.45. The van der Waals surface area contributed by atoms with E-state index < -0.39 is 11.6 Å². The van der Waals surface area contributed by atoms with E-state index in [2.05, 4.69) is 31.2 Å². The van der Waals surface area contributed by atoms with Crippen LogP contribution in [0.25, 0.3) is 0 Å². The maximum absolute atomic E-state index is 12.1. The number of piperidine rings is 1. The minimum atomic E-state index is -0.851. The van der Waals surface area contributed by atoms with Crippen molar-refractivity contribution in [3.05, 3.63) is 0 Å². The molecule has 1 unspecified atom stereocenters. The number of rotatable bonds is 5. The monoisotopic (exact) mass is 366 g/mol. The van der Waals surface area contributed by atoms with Crippen LogP contribution in [0, 0.1) is 5.92 Å². The molecule has 0 radical (unpaired) electrons. The smallest absolute Gasteiger partial charge is 0.322 e. The van der Waals surface area contributed by atoms with Crippen molar-refractivity contribution in [1.29, 1.82) is 0 Å². The van der Waals surface area contributed by atoms with Crippen molar-refractivity contribution in [2.45, 2.75) is 52.1 Å². The molecule has 2 aliphatic rings. The molecule has 2 saturated heterocycles. The highest BCUT2D eigenvalue weighted by Gasteiger charge is 2.48. The number of nitrogens with one attached hydrogen (secondary N) is 4. The van der Waals surface area contributed by atoms with Gasteiger partial charge in [-0.2, -0.15) is 0 Å². The van der Waals surface area contributed by atoms with Gasteiger partial charge in [-0.25, -0.2) is 9.79 Å². The third-order valence-electron chi connectivity index (χ3n) is 4.84. The second-order valence-corrected chi connectivity index (χ2v) is 7.26. The molecule has 1 atom stereocenters. The van der Waals surface area contributed by atoms with Gasteiger partial charge in [0.25, 0.3) is 5.91 Å². The fraction of sp³-hybridized carbons (Fsp3) is 0.765. The predicted octanol–water partition coefficient (Wildman–Crippen LogP) is -0.213. The second kappa shape index (κ2) is 8.37. The Morgan fingerprint density at radius 2 is 2.00 bits per heavy atom. The number of likely N-dealkylation sites (tertiary alicyclic amines) is 1. The molecule has 0 aromatic rings. The molecule has 146 valence electrons. The maximum atomic E-state index is 12.1. The van der Waals surface area contributed by atoms with Crippen LogP contribution in [0.5, 0.6) is 0 Å². The van der Waals surface area contributed by atoms with E-state index in [9.17, 15) is 14.4 Å². The van der Waals surface area contributed by atoms with Crippen LogP contribution < -0.4 is 21.3 Å². The van der Waals surface area contributed by atoms with Gasteiger partial charge in [0.05, 0.1) is 0 Å². The summed E-state index contributed by atoms with van der Waals surface area (Å²) in [6.45, 7) is 9.80. The van der Waals surface area contributed by atoms with Gasteiger partial charge in [-0.05, 0) is 46.5 Å². The highest BCUT2D eigenvalue weighted by Crippen LogP contribution is 2.30. The van der Waals surface area contributed by atoms with Gasteiger partial charge in [0.15, 0.2) is 5.96 Å². The highest BCUT2D eigenvalue weighted by atomic mass is 16.2. The molecule has 2 rings (SSSR count). The van der Waals surface area contributed by atoms with E-state index in [4.69, 9.17) is 0 Å². The summed E-state index contributed by atoms with van der Waals surface area (Å²) in [6.07, 6.45) is 1.51. The van der Waals surface area contributed by atoms with Crippen molar-refractivity contribution >= 4 is 23.8 Å². The Morgan fingerprint density at radius 1 is 1.35 bits per heavy atom. The number of hydrogen-bond acceptors (Lipinski definition) is 4. The largest absolute Gasteiger partial charge is 0.357 e. The summed E-state index contributed by atoms with van der Waals surface area (Å²) < 4.78 is 0. The van der Waals surface area contributed by atoms with E-state index >= 15 is 0 Å². The summed E-state index contributed by atoms with van der Waals surface area (Å²) >= 11 is 0. The molecule has 0 bridgehead atoms. The molecule has 0 saturated carbocycles. The van der Waals surface area contributed by atoms with Crippen molar-refractivity contribution < 1.29 is 14.4 Å². The van der Waals surface area contributed by atoms with Crippen molar-refractivity contribution in [3.63, 3.8) is 0 Å². The summed E-state index contributed by atoms with van der Waals surface area (Å²) in [5.74, 6) is 0.405. The molecule has 0 aliphatic carbocycles. The number of carbonyl (C=O) groups is 3. The standard InChI is InChI=1S/C17H30N6O3/c1-5-18-15(19-10-13(24)20-11(2)3)23-8-6-12(7-9-23)17(4)14(25)21-16(26)22-17/h11-12H,5-10H2,1-4H3,(H,18,19)(H,20,24)(H2,21,22,25,26). The Kier molecular flexibility index (Phi) is 6.44. The first-order valence-electron chi connectivity index (χ1n) is 9.22. The van der Waals surface area contributed by atoms with Crippen molar-refractivity contribution in [1.82, 2.24) is 26.2 Å². The quantitative estimate of drug-likeness (QED) is 0.305. The lowest BCUT2D eigenvalue weighted by atomic mass is 9.79. The van der Waals surface area contributed by atoms with Gasteiger partial charge < -0.3 is 20.9 Å². The topological polar surface area (TPSA) is 115 Å². The molecule has 9 heteroatoms. The number of guanidine groups is 1. The van der Waals surface area contributed by atoms with Crippen molar-refractivity contribution in [2.75, 3.05) is 26.2 Å². The van der Waals surface area contributed by atoms with Crippen molar-refractivity contribution in [2.24, 2.45) is 10.9 Å². The van der Waals surface area contributed by atoms with Gasteiger partial charge in [0.2, 0.25) is 5.91 Å². The SMILES string of the molecule is CCNC(=NCC(=O)NC(C)C)N1CCC(C2(C)NC(=O)NC2=O)CC1. The van der Waals surface area contributed by atoms with Gasteiger partial charge in [-0.15, -0.1) is 0 Å². The van der Waals surface area contributed by atoms with Crippen LogP contribution in [0.2, 0.25) is 0 Å². The highest BCUT2D eigenvalue weighted by molar-refractivity contribution is 6.07. The zero-order valence-corrected chi connectivity index (χ0v) is 16.0. The molecule has 26 heavy (non-hydrogen) atoms. The number of aliphatic imine (C=N–C) groups is 1. The number of nitrogens with zero attached hydrogens (tertiary/aromatic N) is 2. The Bertz CT molecular complexity index is 583. The van der Waals surface area contributed by atoms with E-state index in [-0.39, 0.29) is 30.3 Å². The number of hydrogen-bond donors (Lipinski definition) is 4. The normalized spacial score (nSPS) is 24.5. The first-order valence-corrected chi connectivity index (χ1v) is 9.22. The fourth-order valence-electron chi connectivity index (χ4n) is 3.45. The van der Waals surface area contributed by atoms with Crippen LogP contribution >= 0.6 is 0 Å². The van der Waals surface area contributed by atoms with Crippen LogP contribution in [-0.4, -0.2) is 66.5 Å². The Balaban J connectivity index is 1.96. The van der Waals surface area contributed by atoms with Gasteiger partial charge in [0, 0.05) is 25.7 Å². The van der Waals surface area contributed by atoms with E-state index in [0.29, 0.717) is 25.6 Å². The molecule has 4 N–H and O–H groups in total. The second-order valence-electron chi connectivity index (χ2n) is 7.26. The first kappa shape index (κ1) is 20.0. The van der Waals surface area contributed by atoms with Gasteiger partial charge in [-0.3, -0.25) is 14.9 Å². The number of amides is 4. The van der Waals surface area contributed by atoms with Crippen LogP contribution in [0.1, 0.15) is 40.5 Å². The third-order valence-corrected chi connectivity index (χ3v) is 4.84. The average molecular weight is 366 g/mol. The maximum Gasteiger partial charge on any atom is 0.322 e. The minimum Gasteiger partial charge on any atom is -0.357 e. The molecule has 9 nitrogen and oxygen atoms in total. The summed E-state index contributed by atoms with van der Waals surface area (Å²) in [5, 5.41) is 11.1. The molecular formula is C17H30N6O3. The first-order chi connectivity index (χ1) is 12.3. The minimum absolute atomic E-state index is 0.0670. The van der Waals surface area contributed by atoms with E-state index in [1.165, 1.54) is 0 Å². The van der Waals surface area contributed by atoms with Gasteiger partial charge in [0.1, 0.15) is 12.1 Å². The van der Waals surface area contributed by atoms with Crippen molar-refractivity contribution in [3.8, 4) is 0 Å². The van der Waals surface area contributed by atoms with Crippen LogP contribution in [-0.2, 0) is 9.59 Å². The predicted molar refractivity (Wildman–Crippen MR) is 98.6 cm³/mol. The van der Waals surface area contributed by atoms with Crippen LogP contribution in [0.4, 0.5) is 4.79 Å². The Hall–Kier alpha value is -2.32. The van der Waals surface area contributed by atoms with Gasteiger partial charge >= 0.3 is 6.03 Å². The molecule has 4 amide bonds. The molecular weight excluding hydrogens is 336 g/mol. The van der Waals surface area contributed by atoms with E-state index in [1.807, 2.05) is 20.8 Å². The van der Waals surface area contributed by atoms with Crippen LogP contribution in [0.15, 0.2) is 4.99 Å². The summed E-state index contributed by atoms with van der Waals surface area (Å²) in [7, 11) is 0. The zero-order chi connectivity index (χ0) is 19.3. The lowest BCUT2D eigenvalue weighted by molar-refractivity contribution is -0.125. The lowest BCUT2D eigenvalue weighted by Gasteiger charge is -2.39. The van der Waals surface area contributed by atoms with Crippen LogP contribution in [0.3, 0.4) is 0 Å². The Labute approximate surface area is 154 Å². The van der Waals surface area contributed by atoms with Gasteiger partial charge in [-0.1, -0.05) is 0 Å². The summed E-state index contributed by atoms with van der Waals surface area (Å²) in [6, 6.07) is -0.337. The lowest BCUT2D eigenvalue weighted by Crippen LogP contribution is -2.55. The zero-order valence-electron chi connectivity index (χ0n) is 16.0. The Morgan fingerprint density at radius 3 is 2.50 bits per heavy atom. The molecule has 2 heterocycles. The van der Waals surface area contributed by atoms with E-state index in [0.717, 1.165) is 12.8 Å².